The molecule has 0 heterocycles. The zero-order valence-corrected chi connectivity index (χ0v) is 11.8. The topological polar surface area (TPSA) is 29.5 Å². The van der Waals surface area contributed by atoms with Gasteiger partial charge in [0.1, 0.15) is 6.61 Å². The molecule has 0 N–H and O–H groups in total. The Balaban J connectivity index is 2.66. The second-order valence-electron chi connectivity index (χ2n) is 4.69. The van der Waals surface area contributed by atoms with E-state index in [0.29, 0.717) is 18.7 Å². The first kappa shape index (κ1) is 15.2. The van der Waals surface area contributed by atoms with Crippen LogP contribution in [0, 0.1) is 0 Å². The van der Waals surface area contributed by atoms with Crippen molar-refractivity contribution in [3.05, 3.63) is 59.7 Å². The smallest absolute Gasteiger partial charge is 0.267 e. The van der Waals surface area contributed by atoms with Crippen molar-refractivity contribution in [2.75, 3.05) is 6.54 Å². The highest BCUT2D eigenvalue weighted by atomic mass is 16.7. The van der Waals surface area contributed by atoms with E-state index in [4.69, 9.17) is 4.84 Å². The molecule has 0 radical (unpaired) electrons. The third-order valence-electron chi connectivity index (χ3n) is 2.49. The van der Waals surface area contributed by atoms with E-state index in [1.165, 1.54) is 5.06 Å². The van der Waals surface area contributed by atoms with E-state index in [9.17, 15) is 4.79 Å². The van der Waals surface area contributed by atoms with Crippen molar-refractivity contribution in [1.82, 2.24) is 5.06 Å². The summed E-state index contributed by atoms with van der Waals surface area (Å²) in [6, 6.07) is 9.76. The quantitative estimate of drug-likeness (QED) is 0.444. The number of rotatable bonds is 6. The van der Waals surface area contributed by atoms with E-state index < -0.39 is 0 Å². The average molecular weight is 259 g/mol. The maximum atomic E-state index is 11.9. The molecule has 0 aliphatic heterocycles. The lowest BCUT2D eigenvalue weighted by Gasteiger charge is -2.20. The Bertz CT molecular complexity index is 459. The first-order chi connectivity index (χ1) is 9.00. The Morgan fingerprint density at radius 1 is 1.26 bits per heavy atom. The molecule has 0 spiro atoms. The van der Waals surface area contributed by atoms with Gasteiger partial charge in [0.2, 0.25) is 0 Å². The molecule has 3 heteroatoms. The van der Waals surface area contributed by atoms with Gasteiger partial charge in [-0.2, -0.15) is 0 Å². The molecule has 3 nitrogen and oxygen atoms in total. The summed E-state index contributed by atoms with van der Waals surface area (Å²) >= 11 is 0. The Labute approximate surface area is 115 Å². The Morgan fingerprint density at radius 3 is 2.42 bits per heavy atom. The van der Waals surface area contributed by atoms with Crippen LogP contribution in [0.4, 0.5) is 0 Å². The molecule has 0 aliphatic carbocycles. The maximum Gasteiger partial charge on any atom is 0.272 e. The normalized spacial score (nSPS) is 9.84. The molecule has 1 aromatic rings. The second-order valence-corrected chi connectivity index (χ2v) is 4.69. The molecule has 0 aromatic heterocycles. The molecule has 0 bridgehead atoms. The molecule has 0 saturated carbocycles. The third-order valence-corrected chi connectivity index (χ3v) is 2.49. The minimum absolute atomic E-state index is 0.187. The van der Waals surface area contributed by atoms with Gasteiger partial charge in [-0.25, -0.2) is 5.06 Å². The van der Waals surface area contributed by atoms with Crippen molar-refractivity contribution in [2.24, 2.45) is 0 Å². The van der Waals surface area contributed by atoms with Crippen molar-refractivity contribution in [1.29, 1.82) is 0 Å². The molecule has 0 unspecified atom stereocenters. The van der Waals surface area contributed by atoms with Crippen LogP contribution in [0.25, 0.3) is 0 Å². The number of hydrogen-bond acceptors (Lipinski definition) is 2. The number of hydroxylamine groups is 2. The molecular formula is C16H21NO2. The molecule has 0 aliphatic rings. The van der Waals surface area contributed by atoms with Gasteiger partial charge < -0.3 is 0 Å². The number of hydrogen-bond donors (Lipinski definition) is 0. The first-order valence-corrected chi connectivity index (χ1v) is 6.28. The van der Waals surface area contributed by atoms with Gasteiger partial charge in [0.05, 0.1) is 6.54 Å². The van der Waals surface area contributed by atoms with Crippen LogP contribution < -0.4 is 0 Å². The number of amides is 1. The lowest BCUT2D eigenvalue weighted by Crippen LogP contribution is -2.31. The van der Waals surface area contributed by atoms with Crippen LogP contribution in [0.2, 0.25) is 0 Å². The van der Waals surface area contributed by atoms with Crippen LogP contribution >= 0.6 is 0 Å². The van der Waals surface area contributed by atoms with Crippen LogP contribution in [0.1, 0.15) is 26.3 Å². The van der Waals surface area contributed by atoms with Gasteiger partial charge >= 0.3 is 0 Å². The van der Waals surface area contributed by atoms with Gasteiger partial charge in [-0.15, -0.1) is 0 Å². The highest BCUT2D eigenvalue weighted by Crippen LogP contribution is 2.07. The molecule has 0 atom stereocenters. The maximum absolute atomic E-state index is 11.9. The molecule has 102 valence electrons. The minimum Gasteiger partial charge on any atom is -0.267 e. The van der Waals surface area contributed by atoms with Gasteiger partial charge in [0.15, 0.2) is 0 Å². The largest absolute Gasteiger partial charge is 0.272 e. The van der Waals surface area contributed by atoms with Crippen LogP contribution in [0.5, 0.6) is 0 Å². The summed E-state index contributed by atoms with van der Waals surface area (Å²) < 4.78 is 0. The van der Waals surface area contributed by atoms with Crippen molar-refractivity contribution in [2.45, 2.75) is 27.4 Å². The highest BCUT2D eigenvalue weighted by Gasteiger charge is 2.13. The standard InChI is InChI=1S/C16H21NO2/c1-13(2)10-11-17(16(18)14(3)4)19-12-15-8-6-5-7-9-15/h5-10H,3,11-12H2,1-2,4H3. The lowest BCUT2D eigenvalue weighted by molar-refractivity contribution is -0.183. The monoisotopic (exact) mass is 259 g/mol. The Morgan fingerprint density at radius 2 is 1.89 bits per heavy atom. The van der Waals surface area contributed by atoms with E-state index >= 15 is 0 Å². The van der Waals surface area contributed by atoms with Gasteiger partial charge in [-0.05, 0) is 26.3 Å². The summed E-state index contributed by atoms with van der Waals surface area (Å²) in [4.78, 5) is 17.5. The fourth-order valence-corrected chi connectivity index (χ4v) is 1.40. The minimum atomic E-state index is -0.187. The summed E-state index contributed by atoms with van der Waals surface area (Å²) in [6.07, 6.45) is 1.95. The van der Waals surface area contributed by atoms with Crippen molar-refractivity contribution >= 4 is 5.91 Å². The number of allylic oxidation sites excluding steroid dienone is 1. The van der Waals surface area contributed by atoms with Gasteiger partial charge in [-0.3, -0.25) is 9.63 Å². The predicted molar refractivity (Wildman–Crippen MR) is 77.2 cm³/mol. The van der Waals surface area contributed by atoms with Gasteiger partial charge in [0, 0.05) is 5.57 Å². The lowest BCUT2D eigenvalue weighted by atomic mass is 10.2. The Kier molecular flexibility index (Phi) is 6.03. The van der Waals surface area contributed by atoms with E-state index in [-0.39, 0.29) is 5.91 Å². The third kappa shape index (κ3) is 5.53. The van der Waals surface area contributed by atoms with Crippen molar-refractivity contribution < 1.29 is 9.63 Å². The fourth-order valence-electron chi connectivity index (χ4n) is 1.40. The van der Waals surface area contributed by atoms with Crippen molar-refractivity contribution in [3.8, 4) is 0 Å². The van der Waals surface area contributed by atoms with Gasteiger partial charge in [0.25, 0.3) is 5.91 Å². The van der Waals surface area contributed by atoms with Crippen LogP contribution in [0.15, 0.2) is 54.1 Å². The zero-order chi connectivity index (χ0) is 14.3. The fraction of sp³-hybridized carbons (Fsp3) is 0.312. The zero-order valence-electron chi connectivity index (χ0n) is 11.8. The summed E-state index contributed by atoms with van der Waals surface area (Å²) in [7, 11) is 0. The second kappa shape index (κ2) is 7.54. The summed E-state index contributed by atoms with van der Waals surface area (Å²) in [5.41, 5.74) is 2.64. The van der Waals surface area contributed by atoms with E-state index in [1.54, 1.807) is 6.92 Å². The number of benzene rings is 1. The molecule has 19 heavy (non-hydrogen) atoms. The van der Waals surface area contributed by atoms with E-state index in [0.717, 1.165) is 11.1 Å². The molecule has 1 aromatic carbocycles. The molecular weight excluding hydrogens is 238 g/mol. The van der Waals surface area contributed by atoms with Gasteiger partial charge in [-0.1, -0.05) is 48.6 Å². The molecule has 0 saturated heterocycles. The van der Waals surface area contributed by atoms with E-state index in [2.05, 4.69) is 6.58 Å². The van der Waals surface area contributed by atoms with Crippen LogP contribution in [-0.2, 0) is 16.2 Å². The summed E-state index contributed by atoms with van der Waals surface area (Å²) in [6.45, 7) is 10.1. The molecule has 1 amide bonds. The SMILES string of the molecule is C=C(C)C(=O)N(CC=C(C)C)OCc1ccccc1. The summed E-state index contributed by atoms with van der Waals surface area (Å²) in [5, 5.41) is 1.35. The van der Waals surface area contributed by atoms with E-state index in [1.807, 2.05) is 50.3 Å². The van der Waals surface area contributed by atoms with Crippen LogP contribution in [0.3, 0.4) is 0 Å². The average Bonchev–Trinajstić information content (AvgIpc) is 2.39. The molecule has 0 fully saturated rings. The number of carbonyl (C=O) groups excluding carboxylic acids is 1. The van der Waals surface area contributed by atoms with Crippen molar-refractivity contribution in [3.63, 3.8) is 0 Å². The predicted octanol–water partition coefficient (Wildman–Crippen LogP) is 3.49. The van der Waals surface area contributed by atoms with Crippen LogP contribution in [-0.4, -0.2) is 17.5 Å². The molecule has 1 rings (SSSR count). The summed E-state index contributed by atoms with van der Waals surface area (Å²) in [5.74, 6) is -0.187. The Hall–Kier alpha value is -1.87. The highest BCUT2D eigenvalue weighted by molar-refractivity contribution is 5.91. The number of nitrogens with zero attached hydrogens (tertiary/aromatic N) is 1. The first-order valence-electron chi connectivity index (χ1n) is 6.28. The number of carbonyl (C=O) groups is 1.